The van der Waals surface area contributed by atoms with Crippen LogP contribution in [0.1, 0.15) is 27.2 Å². The molecular weight excluding hydrogens is 346 g/mol. The fourth-order valence-electron chi connectivity index (χ4n) is 1.65. The summed E-state index contributed by atoms with van der Waals surface area (Å²) in [4.78, 5) is 23.4. The Labute approximate surface area is 131 Å². The number of hydrogen-bond acceptors (Lipinski definition) is 2. The highest BCUT2D eigenvalue weighted by Crippen LogP contribution is 2.32. The second-order valence-corrected chi connectivity index (χ2v) is 6.55. The van der Waals surface area contributed by atoms with Gasteiger partial charge in [0.1, 0.15) is 0 Å². The number of benzene rings is 1. The van der Waals surface area contributed by atoms with Gasteiger partial charge in [-0.3, -0.25) is 9.59 Å². The van der Waals surface area contributed by atoms with Gasteiger partial charge in [0.15, 0.2) is 0 Å². The first-order chi connectivity index (χ1) is 9.16. The molecule has 0 fully saturated rings. The third kappa shape index (κ3) is 3.96. The van der Waals surface area contributed by atoms with Crippen LogP contribution in [0, 0.1) is 11.3 Å². The number of nitrogens with one attached hydrogen (secondary N) is 1. The van der Waals surface area contributed by atoms with Gasteiger partial charge >= 0.3 is 5.97 Å². The van der Waals surface area contributed by atoms with Crippen molar-refractivity contribution in [1.29, 1.82) is 0 Å². The minimum Gasteiger partial charge on any atom is -0.481 e. The van der Waals surface area contributed by atoms with Crippen LogP contribution in [0.25, 0.3) is 0 Å². The molecule has 110 valence electrons. The number of halogens is 2. The van der Waals surface area contributed by atoms with E-state index in [1.807, 2.05) is 0 Å². The summed E-state index contributed by atoms with van der Waals surface area (Å²) >= 11 is 9.27. The van der Waals surface area contributed by atoms with Gasteiger partial charge in [0.05, 0.1) is 16.1 Å². The van der Waals surface area contributed by atoms with Crippen LogP contribution in [0.4, 0.5) is 5.69 Å². The maximum atomic E-state index is 12.1. The summed E-state index contributed by atoms with van der Waals surface area (Å²) in [6.07, 6.45) is -0.108. The van der Waals surface area contributed by atoms with Gasteiger partial charge in [-0.1, -0.05) is 41.4 Å². The highest BCUT2D eigenvalue weighted by molar-refractivity contribution is 9.10. The highest BCUT2D eigenvalue weighted by Gasteiger charge is 2.38. The Morgan fingerprint density at radius 2 is 2.05 bits per heavy atom. The van der Waals surface area contributed by atoms with Crippen molar-refractivity contribution in [2.24, 2.45) is 11.3 Å². The van der Waals surface area contributed by atoms with Crippen LogP contribution in [0.15, 0.2) is 22.7 Å². The molecule has 1 amide bonds. The van der Waals surface area contributed by atoms with Crippen LogP contribution in [-0.4, -0.2) is 17.0 Å². The molecule has 2 N–H and O–H groups in total. The Balaban J connectivity index is 2.87. The van der Waals surface area contributed by atoms with Crippen molar-refractivity contribution in [2.45, 2.75) is 27.2 Å². The van der Waals surface area contributed by atoms with E-state index in [-0.39, 0.29) is 18.2 Å². The van der Waals surface area contributed by atoms with Crippen molar-refractivity contribution in [3.63, 3.8) is 0 Å². The minimum atomic E-state index is -1.11. The number of carboxylic acid groups (broad SMARTS) is 1. The number of anilines is 1. The van der Waals surface area contributed by atoms with Crippen LogP contribution in [-0.2, 0) is 9.59 Å². The molecule has 6 heteroatoms. The lowest BCUT2D eigenvalue weighted by atomic mass is 9.76. The van der Waals surface area contributed by atoms with Crippen LogP contribution >= 0.6 is 27.5 Å². The zero-order valence-electron chi connectivity index (χ0n) is 11.5. The maximum Gasteiger partial charge on any atom is 0.310 e. The summed E-state index contributed by atoms with van der Waals surface area (Å²) < 4.78 is 0.780. The molecule has 0 bridgehead atoms. The summed E-state index contributed by atoms with van der Waals surface area (Å²) in [5.41, 5.74) is -0.648. The largest absolute Gasteiger partial charge is 0.481 e. The SMILES string of the molecule is CC(C)C(C)(CC(=O)Nc1cc(Br)ccc1Cl)C(=O)O. The Morgan fingerprint density at radius 3 is 2.55 bits per heavy atom. The maximum absolute atomic E-state index is 12.1. The first-order valence-electron chi connectivity index (χ1n) is 6.15. The molecule has 1 atom stereocenters. The number of hydrogen-bond donors (Lipinski definition) is 2. The van der Waals surface area contributed by atoms with Crippen LogP contribution < -0.4 is 5.32 Å². The zero-order chi connectivity index (χ0) is 15.5. The van der Waals surface area contributed by atoms with E-state index in [1.54, 1.807) is 39.0 Å². The summed E-state index contributed by atoms with van der Waals surface area (Å²) in [7, 11) is 0. The van der Waals surface area contributed by atoms with Gasteiger partial charge in [-0.15, -0.1) is 0 Å². The first kappa shape index (κ1) is 17.0. The van der Waals surface area contributed by atoms with E-state index >= 15 is 0 Å². The molecule has 0 saturated carbocycles. The van der Waals surface area contributed by atoms with Crippen LogP contribution in [0.2, 0.25) is 5.02 Å². The lowest BCUT2D eigenvalue weighted by Gasteiger charge is -2.28. The smallest absolute Gasteiger partial charge is 0.310 e. The normalized spacial score (nSPS) is 13.9. The van der Waals surface area contributed by atoms with Gasteiger partial charge in [0.2, 0.25) is 5.91 Å². The van der Waals surface area contributed by atoms with Crippen molar-refractivity contribution in [2.75, 3.05) is 5.32 Å². The van der Waals surface area contributed by atoms with E-state index in [1.165, 1.54) is 0 Å². The molecule has 0 radical (unpaired) electrons. The van der Waals surface area contributed by atoms with Gasteiger partial charge in [0, 0.05) is 10.9 Å². The second kappa shape index (κ2) is 6.59. The molecule has 1 aromatic rings. The molecule has 0 aliphatic heterocycles. The van der Waals surface area contributed by atoms with Crippen molar-refractivity contribution < 1.29 is 14.7 Å². The fraction of sp³-hybridized carbons (Fsp3) is 0.429. The van der Waals surface area contributed by atoms with Gasteiger partial charge in [0.25, 0.3) is 0 Å². The van der Waals surface area contributed by atoms with E-state index in [0.29, 0.717) is 10.7 Å². The molecule has 0 aliphatic carbocycles. The van der Waals surface area contributed by atoms with Gasteiger partial charge in [-0.2, -0.15) is 0 Å². The lowest BCUT2D eigenvalue weighted by molar-refractivity contribution is -0.153. The molecule has 1 unspecified atom stereocenters. The van der Waals surface area contributed by atoms with E-state index in [9.17, 15) is 14.7 Å². The molecule has 0 aromatic heterocycles. The second-order valence-electron chi connectivity index (χ2n) is 5.23. The Kier molecular flexibility index (Phi) is 5.59. The first-order valence-corrected chi connectivity index (χ1v) is 7.32. The summed E-state index contributed by atoms with van der Waals surface area (Å²) in [6.45, 7) is 5.14. The number of carbonyl (C=O) groups is 2. The Morgan fingerprint density at radius 1 is 1.45 bits per heavy atom. The predicted molar refractivity (Wildman–Crippen MR) is 83.0 cm³/mol. The van der Waals surface area contributed by atoms with Gasteiger partial charge in [-0.25, -0.2) is 0 Å². The van der Waals surface area contributed by atoms with E-state index in [4.69, 9.17) is 11.6 Å². The Hall–Kier alpha value is -1.07. The number of rotatable bonds is 5. The zero-order valence-corrected chi connectivity index (χ0v) is 13.9. The number of carboxylic acids is 1. The molecule has 0 saturated heterocycles. The van der Waals surface area contributed by atoms with Gasteiger partial charge < -0.3 is 10.4 Å². The predicted octanol–water partition coefficient (Wildman–Crippen LogP) is 4.18. The summed E-state index contributed by atoms with van der Waals surface area (Å²) in [6, 6.07) is 5.08. The number of aliphatic carboxylic acids is 1. The van der Waals surface area contributed by atoms with Crippen molar-refractivity contribution in [3.05, 3.63) is 27.7 Å². The third-order valence-electron chi connectivity index (χ3n) is 3.49. The molecule has 0 aliphatic rings. The van der Waals surface area contributed by atoms with Crippen molar-refractivity contribution >= 4 is 45.1 Å². The minimum absolute atomic E-state index is 0.108. The summed E-state index contributed by atoms with van der Waals surface area (Å²) in [5.74, 6) is -1.52. The number of amides is 1. The molecule has 0 spiro atoms. The molecule has 4 nitrogen and oxygen atoms in total. The Bertz CT molecular complexity index is 533. The van der Waals surface area contributed by atoms with Crippen LogP contribution in [0.3, 0.4) is 0 Å². The average molecular weight is 363 g/mol. The van der Waals surface area contributed by atoms with Crippen molar-refractivity contribution in [3.8, 4) is 0 Å². The molecule has 0 heterocycles. The molecule has 1 aromatic carbocycles. The van der Waals surface area contributed by atoms with Crippen LogP contribution in [0.5, 0.6) is 0 Å². The summed E-state index contributed by atoms with van der Waals surface area (Å²) in [5, 5.41) is 12.4. The van der Waals surface area contributed by atoms with Crippen molar-refractivity contribution in [1.82, 2.24) is 0 Å². The average Bonchev–Trinajstić information content (AvgIpc) is 2.33. The highest BCUT2D eigenvalue weighted by atomic mass is 79.9. The fourth-order valence-corrected chi connectivity index (χ4v) is 2.17. The third-order valence-corrected chi connectivity index (χ3v) is 4.32. The molecule has 20 heavy (non-hydrogen) atoms. The molecule has 1 rings (SSSR count). The topological polar surface area (TPSA) is 66.4 Å². The standard InChI is InChI=1S/C14H17BrClNO3/c1-8(2)14(3,13(19)20)7-12(18)17-11-6-9(15)4-5-10(11)16/h4-6,8H,7H2,1-3H3,(H,17,18)(H,19,20). The van der Waals surface area contributed by atoms with E-state index in [2.05, 4.69) is 21.2 Å². The lowest BCUT2D eigenvalue weighted by Crippen LogP contribution is -2.37. The van der Waals surface area contributed by atoms with E-state index in [0.717, 1.165) is 4.47 Å². The van der Waals surface area contributed by atoms with Gasteiger partial charge in [-0.05, 0) is 31.0 Å². The molecular formula is C14H17BrClNO3. The number of carbonyl (C=O) groups excluding carboxylic acids is 1. The monoisotopic (exact) mass is 361 g/mol. The van der Waals surface area contributed by atoms with E-state index < -0.39 is 11.4 Å². The quantitative estimate of drug-likeness (QED) is 0.826.